The Morgan fingerprint density at radius 3 is 2.23 bits per heavy atom. The molecule has 0 spiro atoms. The first-order valence-electron chi connectivity index (χ1n) is 2.92. The van der Waals surface area contributed by atoms with Crippen molar-refractivity contribution in [2.24, 2.45) is 0 Å². The summed E-state index contributed by atoms with van der Waals surface area (Å²) < 4.78 is 25.4. The second kappa shape index (κ2) is 3.67. The third-order valence-electron chi connectivity index (χ3n) is 1.27. The summed E-state index contributed by atoms with van der Waals surface area (Å²) in [6.45, 7) is 0. The molecule has 0 fully saturated rings. The van der Waals surface area contributed by atoms with Crippen LogP contribution in [0.5, 0.6) is 0 Å². The number of rotatable bonds is 1. The largest absolute Gasteiger partial charge is 0.321 e. The molecule has 0 aliphatic carbocycles. The zero-order valence-electron chi connectivity index (χ0n) is 5.85. The maximum absolute atomic E-state index is 12.9. The summed E-state index contributed by atoms with van der Waals surface area (Å²) in [4.78, 5) is 9.27. The van der Waals surface area contributed by atoms with E-state index in [-0.39, 0.29) is 8.95 Å². The molecule has 1 aromatic carbocycles. The van der Waals surface area contributed by atoms with Crippen molar-refractivity contribution in [1.82, 2.24) is 0 Å². The zero-order valence-corrected chi connectivity index (χ0v) is 9.02. The van der Waals surface area contributed by atoms with Crippen molar-refractivity contribution in [2.75, 3.05) is 0 Å². The van der Waals surface area contributed by atoms with Crippen molar-refractivity contribution in [1.29, 1.82) is 0 Å². The molecule has 0 bridgehead atoms. The molecular formula is C6HBr2F2NO2. The lowest BCUT2D eigenvalue weighted by Crippen LogP contribution is -1.97. The fraction of sp³-hybridized carbons (Fsp3) is 0. The van der Waals surface area contributed by atoms with Gasteiger partial charge in [0.2, 0.25) is 5.82 Å². The molecular weight excluding hydrogens is 316 g/mol. The molecule has 1 rings (SSSR count). The molecule has 70 valence electrons. The SMILES string of the molecule is O=[N+]([O-])c1c(Br)cc(Br)c(F)c1F. The molecule has 0 amide bonds. The number of nitro benzene ring substituents is 1. The van der Waals surface area contributed by atoms with Gasteiger partial charge < -0.3 is 0 Å². The maximum atomic E-state index is 12.9. The van der Waals surface area contributed by atoms with E-state index in [1.54, 1.807) is 0 Å². The van der Waals surface area contributed by atoms with Crippen LogP contribution < -0.4 is 0 Å². The van der Waals surface area contributed by atoms with Gasteiger partial charge in [0.1, 0.15) is 0 Å². The molecule has 0 radical (unpaired) electrons. The van der Waals surface area contributed by atoms with Gasteiger partial charge in [-0.2, -0.15) is 4.39 Å². The predicted molar refractivity (Wildman–Crippen MR) is 48.4 cm³/mol. The topological polar surface area (TPSA) is 43.1 Å². The Hall–Kier alpha value is -0.560. The Labute approximate surface area is 88.2 Å². The molecule has 1 aromatic rings. The maximum Gasteiger partial charge on any atom is 0.321 e. The highest BCUT2D eigenvalue weighted by molar-refractivity contribution is 9.11. The van der Waals surface area contributed by atoms with E-state index >= 15 is 0 Å². The lowest BCUT2D eigenvalue weighted by molar-refractivity contribution is -0.388. The lowest BCUT2D eigenvalue weighted by Gasteiger charge is -1.99. The Balaban J connectivity index is 3.53. The molecule has 0 unspecified atom stereocenters. The first-order chi connectivity index (χ1) is 5.95. The molecule has 0 N–H and O–H groups in total. The van der Waals surface area contributed by atoms with Crippen LogP contribution in [0.25, 0.3) is 0 Å². The number of nitrogens with zero attached hydrogens (tertiary/aromatic N) is 1. The van der Waals surface area contributed by atoms with E-state index in [0.717, 1.165) is 6.07 Å². The van der Waals surface area contributed by atoms with Crippen LogP contribution in [0.4, 0.5) is 14.5 Å². The number of hydrogen-bond donors (Lipinski definition) is 0. The van der Waals surface area contributed by atoms with Crippen LogP contribution in [0.15, 0.2) is 15.0 Å². The van der Waals surface area contributed by atoms with Crippen molar-refractivity contribution < 1.29 is 13.7 Å². The van der Waals surface area contributed by atoms with Gasteiger partial charge in [-0.25, -0.2) is 4.39 Å². The van der Waals surface area contributed by atoms with Gasteiger partial charge in [-0.3, -0.25) is 10.1 Å². The first kappa shape index (κ1) is 10.5. The molecule has 0 aliphatic heterocycles. The van der Waals surface area contributed by atoms with E-state index in [1.807, 2.05) is 0 Å². The standard InChI is InChI=1S/C6HBr2F2NO2/c7-2-1-3(8)6(11(12)13)5(10)4(2)9/h1H. The third kappa shape index (κ3) is 1.86. The smallest absolute Gasteiger partial charge is 0.258 e. The average Bonchev–Trinajstić information content (AvgIpc) is 1.99. The van der Waals surface area contributed by atoms with Crippen LogP contribution in [0, 0.1) is 21.7 Å². The molecule has 13 heavy (non-hydrogen) atoms. The number of benzene rings is 1. The number of halogens is 4. The minimum Gasteiger partial charge on any atom is -0.258 e. The van der Waals surface area contributed by atoms with E-state index in [4.69, 9.17) is 0 Å². The summed E-state index contributed by atoms with van der Waals surface area (Å²) in [6, 6.07) is 1.08. The number of nitro groups is 1. The molecule has 0 saturated carbocycles. The highest BCUT2D eigenvalue weighted by atomic mass is 79.9. The van der Waals surface area contributed by atoms with E-state index in [2.05, 4.69) is 31.9 Å². The van der Waals surface area contributed by atoms with Gasteiger partial charge in [0.25, 0.3) is 0 Å². The van der Waals surface area contributed by atoms with Gasteiger partial charge in [0, 0.05) is 0 Å². The predicted octanol–water partition coefficient (Wildman–Crippen LogP) is 3.40. The summed E-state index contributed by atoms with van der Waals surface area (Å²) in [6.07, 6.45) is 0. The Bertz CT molecular complexity index is 383. The summed E-state index contributed by atoms with van der Waals surface area (Å²) >= 11 is 5.47. The summed E-state index contributed by atoms with van der Waals surface area (Å²) in [5.74, 6) is -2.75. The van der Waals surface area contributed by atoms with Crippen LogP contribution in [-0.2, 0) is 0 Å². The first-order valence-corrected chi connectivity index (χ1v) is 4.51. The summed E-state index contributed by atoms with van der Waals surface area (Å²) in [5, 5.41) is 10.3. The van der Waals surface area contributed by atoms with E-state index in [9.17, 15) is 18.9 Å². The molecule has 0 aliphatic rings. The van der Waals surface area contributed by atoms with Crippen LogP contribution in [0.2, 0.25) is 0 Å². The Morgan fingerprint density at radius 1 is 1.23 bits per heavy atom. The monoisotopic (exact) mass is 315 g/mol. The second-order valence-electron chi connectivity index (χ2n) is 2.07. The van der Waals surface area contributed by atoms with Gasteiger partial charge in [-0.1, -0.05) is 0 Å². The quantitative estimate of drug-likeness (QED) is 0.345. The van der Waals surface area contributed by atoms with Crippen LogP contribution in [0.1, 0.15) is 0 Å². The van der Waals surface area contributed by atoms with Crippen molar-refractivity contribution >= 4 is 37.5 Å². The van der Waals surface area contributed by atoms with Crippen LogP contribution >= 0.6 is 31.9 Å². The van der Waals surface area contributed by atoms with E-state index < -0.39 is 22.2 Å². The van der Waals surface area contributed by atoms with Crippen LogP contribution in [-0.4, -0.2) is 4.92 Å². The van der Waals surface area contributed by atoms with Gasteiger partial charge in [0.15, 0.2) is 5.82 Å². The fourth-order valence-electron chi connectivity index (χ4n) is 0.724. The van der Waals surface area contributed by atoms with Crippen molar-refractivity contribution in [3.05, 3.63) is 36.8 Å². The Kier molecular flexibility index (Phi) is 2.97. The normalized spacial score (nSPS) is 10.2. The highest BCUT2D eigenvalue weighted by Gasteiger charge is 2.24. The molecule has 0 saturated heterocycles. The minimum absolute atomic E-state index is 0.108. The molecule has 3 nitrogen and oxygen atoms in total. The second-order valence-corrected chi connectivity index (χ2v) is 3.78. The fourth-order valence-corrected chi connectivity index (χ4v) is 1.98. The number of hydrogen-bond acceptors (Lipinski definition) is 2. The van der Waals surface area contributed by atoms with Gasteiger partial charge in [0.05, 0.1) is 13.9 Å². The van der Waals surface area contributed by atoms with Crippen LogP contribution in [0.3, 0.4) is 0 Å². The van der Waals surface area contributed by atoms with Gasteiger partial charge in [-0.05, 0) is 37.9 Å². The van der Waals surface area contributed by atoms with Crippen molar-refractivity contribution in [3.8, 4) is 0 Å². The van der Waals surface area contributed by atoms with E-state index in [1.165, 1.54) is 0 Å². The Morgan fingerprint density at radius 2 is 1.77 bits per heavy atom. The minimum atomic E-state index is -1.48. The average molecular weight is 317 g/mol. The van der Waals surface area contributed by atoms with E-state index in [0.29, 0.717) is 0 Å². The van der Waals surface area contributed by atoms with Crippen molar-refractivity contribution in [3.63, 3.8) is 0 Å². The highest BCUT2D eigenvalue weighted by Crippen LogP contribution is 2.33. The van der Waals surface area contributed by atoms with Crippen molar-refractivity contribution in [2.45, 2.75) is 0 Å². The molecule has 7 heteroatoms. The third-order valence-corrected chi connectivity index (χ3v) is 2.45. The summed E-state index contributed by atoms with van der Waals surface area (Å²) in [7, 11) is 0. The lowest BCUT2D eigenvalue weighted by atomic mass is 10.3. The molecule has 0 heterocycles. The van der Waals surface area contributed by atoms with Gasteiger partial charge in [-0.15, -0.1) is 0 Å². The summed E-state index contributed by atoms with van der Waals surface area (Å²) in [5.41, 5.74) is -0.902. The molecule has 0 aromatic heterocycles. The van der Waals surface area contributed by atoms with Gasteiger partial charge >= 0.3 is 5.69 Å². The molecule has 0 atom stereocenters. The zero-order chi connectivity index (χ0) is 10.2.